The van der Waals surface area contributed by atoms with Gasteiger partial charge < -0.3 is 10.1 Å². The Bertz CT molecular complexity index is 555. The Kier molecular flexibility index (Phi) is 14.4. The molecule has 0 atom stereocenters. The van der Waals surface area contributed by atoms with Crippen molar-refractivity contribution in [3.63, 3.8) is 0 Å². The Hall–Kier alpha value is -2.51. The molecule has 8 nitrogen and oxygen atoms in total. The molecule has 0 spiro atoms. The number of ketones is 1. The van der Waals surface area contributed by atoms with Gasteiger partial charge in [-0.2, -0.15) is 0 Å². The number of carbonyl (C=O) groups is 3. The maximum absolute atomic E-state index is 11.3. The quantitative estimate of drug-likeness (QED) is 0.344. The summed E-state index contributed by atoms with van der Waals surface area (Å²) in [6.07, 6.45) is 9.13. The van der Waals surface area contributed by atoms with Crippen molar-refractivity contribution in [2.75, 3.05) is 13.2 Å². The number of aromatic nitrogens is 3. The molecule has 0 aliphatic carbocycles. The first-order valence-corrected chi connectivity index (χ1v) is 8.94. The maximum Gasteiger partial charge on any atom is 0.293 e. The fraction of sp³-hybridized carbons (Fsp3) is 0.611. The first-order valence-electron chi connectivity index (χ1n) is 8.94. The van der Waals surface area contributed by atoms with Crippen LogP contribution in [0.3, 0.4) is 0 Å². The predicted molar refractivity (Wildman–Crippen MR) is 98.4 cm³/mol. The fourth-order valence-corrected chi connectivity index (χ4v) is 1.85. The molecule has 1 N–H and O–H groups in total. The zero-order chi connectivity index (χ0) is 19.6. The molecule has 0 bridgehead atoms. The average Bonchev–Trinajstić information content (AvgIpc) is 3.06. The number of allylic oxidation sites excluding steroid dienone is 1. The van der Waals surface area contributed by atoms with E-state index >= 15 is 0 Å². The zero-order valence-corrected chi connectivity index (χ0v) is 15.9. The second kappa shape index (κ2) is 16.0. The highest BCUT2D eigenvalue weighted by Gasteiger charge is 2.00. The third kappa shape index (κ3) is 13.9. The first-order chi connectivity index (χ1) is 12.5. The van der Waals surface area contributed by atoms with E-state index in [1.54, 1.807) is 0 Å². The summed E-state index contributed by atoms with van der Waals surface area (Å²) < 4.78 is 6.15. The summed E-state index contributed by atoms with van der Waals surface area (Å²) >= 11 is 0. The Morgan fingerprint density at radius 2 is 2.00 bits per heavy atom. The minimum Gasteiger partial charge on any atom is -0.468 e. The number of nitrogens with zero attached hydrogens (tertiary/aromatic N) is 3. The molecule has 0 aliphatic rings. The number of ether oxygens (including phenoxy) is 1. The van der Waals surface area contributed by atoms with E-state index in [0.29, 0.717) is 19.6 Å². The molecule has 1 aromatic heterocycles. The minimum absolute atomic E-state index is 0.129. The highest BCUT2D eigenvalue weighted by atomic mass is 16.5. The number of aryl methyl sites for hydroxylation is 2. The van der Waals surface area contributed by atoms with Crippen molar-refractivity contribution in [2.24, 2.45) is 0 Å². The van der Waals surface area contributed by atoms with Crippen LogP contribution in [0.25, 0.3) is 0 Å². The second-order valence-electron chi connectivity index (χ2n) is 5.63. The standard InChI is InChI=1S/C14H22N4O2.C4H8O2/c1-3-10-18-11-13(16-17-18)6-4-5-9-15-14(20)8-7-12(2)19;1-2-3-6-4-5/h7-8,11H,3-6,9-10H2,1-2H3,(H,15,20);4H,2-3H2,1H3/b8-7+;. The summed E-state index contributed by atoms with van der Waals surface area (Å²) in [4.78, 5) is 31.3. The van der Waals surface area contributed by atoms with E-state index in [4.69, 9.17) is 0 Å². The topological polar surface area (TPSA) is 103 Å². The van der Waals surface area contributed by atoms with Crippen LogP contribution in [0.2, 0.25) is 0 Å². The van der Waals surface area contributed by atoms with Gasteiger partial charge in [0.1, 0.15) is 0 Å². The van der Waals surface area contributed by atoms with Crippen molar-refractivity contribution < 1.29 is 19.1 Å². The van der Waals surface area contributed by atoms with Crippen LogP contribution in [0.1, 0.15) is 52.1 Å². The van der Waals surface area contributed by atoms with Crippen LogP contribution >= 0.6 is 0 Å². The molecule has 1 heterocycles. The van der Waals surface area contributed by atoms with Crippen LogP contribution in [0, 0.1) is 0 Å². The van der Waals surface area contributed by atoms with Gasteiger partial charge in [0.25, 0.3) is 6.47 Å². The molecule has 0 unspecified atom stereocenters. The van der Waals surface area contributed by atoms with Gasteiger partial charge >= 0.3 is 0 Å². The van der Waals surface area contributed by atoms with Crippen molar-refractivity contribution in [3.05, 3.63) is 24.0 Å². The molecule has 0 saturated heterocycles. The third-order valence-corrected chi connectivity index (χ3v) is 3.06. The highest BCUT2D eigenvalue weighted by molar-refractivity contribution is 5.96. The molecular weight excluding hydrogens is 336 g/mol. The Labute approximate surface area is 155 Å². The number of unbranched alkanes of at least 4 members (excludes halogenated alkanes) is 1. The normalized spacial score (nSPS) is 10.1. The van der Waals surface area contributed by atoms with Gasteiger partial charge in [0.05, 0.1) is 12.3 Å². The van der Waals surface area contributed by atoms with Crippen molar-refractivity contribution in [2.45, 2.75) is 59.4 Å². The lowest BCUT2D eigenvalue weighted by Crippen LogP contribution is -2.22. The SMILES string of the molecule is CCCOC=O.CCCn1cc(CCCCNC(=O)/C=C/C(C)=O)nn1. The van der Waals surface area contributed by atoms with Crippen LogP contribution < -0.4 is 5.32 Å². The lowest BCUT2D eigenvalue weighted by Gasteiger charge is -2.00. The van der Waals surface area contributed by atoms with E-state index in [9.17, 15) is 14.4 Å². The molecule has 1 amide bonds. The lowest BCUT2D eigenvalue weighted by molar-refractivity contribution is -0.128. The summed E-state index contributed by atoms with van der Waals surface area (Å²) in [5.74, 6) is -0.357. The molecule has 0 fully saturated rings. The Balaban J connectivity index is 0.000000896. The van der Waals surface area contributed by atoms with Gasteiger partial charge in [0.15, 0.2) is 5.78 Å². The average molecular weight is 366 g/mol. The van der Waals surface area contributed by atoms with Crippen molar-refractivity contribution >= 4 is 18.2 Å². The van der Waals surface area contributed by atoms with E-state index in [0.717, 1.165) is 44.3 Å². The number of nitrogens with one attached hydrogen (secondary N) is 1. The summed E-state index contributed by atoms with van der Waals surface area (Å²) in [7, 11) is 0. The van der Waals surface area contributed by atoms with Crippen LogP contribution in [0.4, 0.5) is 0 Å². The largest absolute Gasteiger partial charge is 0.468 e. The maximum atomic E-state index is 11.3. The fourth-order valence-electron chi connectivity index (χ4n) is 1.85. The molecule has 0 aliphatic heterocycles. The van der Waals surface area contributed by atoms with Gasteiger partial charge in [0, 0.05) is 25.4 Å². The van der Waals surface area contributed by atoms with Gasteiger partial charge in [-0.3, -0.25) is 19.1 Å². The molecular formula is C18H30N4O4. The summed E-state index contributed by atoms with van der Waals surface area (Å²) in [6.45, 7) is 7.96. The summed E-state index contributed by atoms with van der Waals surface area (Å²) in [6, 6.07) is 0. The molecule has 1 aromatic rings. The molecule has 26 heavy (non-hydrogen) atoms. The predicted octanol–water partition coefficient (Wildman–Crippen LogP) is 1.84. The summed E-state index contributed by atoms with van der Waals surface area (Å²) in [5.41, 5.74) is 0.987. The van der Waals surface area contributed by atoms with Crippen molar-refractivity contribution in [1.29, 1.82) is 0 Å². The molecule has 0 saturated carbocycles. The molecule has 1 rings (SSSR count). The third-order valence-electron chi connectivity index (χ3n) is 3.06. The smallest absolute Gasteiger partial charge is 0.293 e. The number of hydrogen-bond donors (Lipinski definition) is 1. The lowest BCUT2D eigenvalue weighted by atomic mass is 10.2. The van der Waals surface area contributed by atoms with E-state index in [1.807, 2.05) is 17.8 Å². The van der Waals surface area contributed by atoms with E-state index in [2.05, 4.69) is 27.3 Å². The van der Waals surface area contributed by atoms with Crippen molar-refractivity contribution in [1.82, 2.24) is 20.3 Å². The second-order valence-corrected chi connectivity index (χ2v) is 5.63. The van der Waals surface area contributed by atoms with Crippen LogP contribution in [0.5, 0.6) is 0 Å². The molecule has 0 aromatic carbocycles. The number of amides is 1. The number of carbonyl (C=O) groups excluding carboxylic acids is 3. The van der Waals surface area contributed by atoms with E-state index in [1.165, 1.54) is 19.1 Å². The van der Waals surface area contributed by atoms with E-state index in [-0.39, 0.29) is 11.7 Å². The first kappa shape index (κ1) is 23.5. The zero-order valence-electron chi connectivity index (χ0n) is 15.9. The number of rotatable bonds is 12. The van der Waals surface area contributed by atoms with Gasteiger partial charge in [0.2, 0.25) is 5.91 Å². The molecule has 0 radical (unpaired) electrons. The van der Waals surface area contributed by atoms with Gasteiger partial charge in [-0.1, -0.05) is 19.1 Å². The van der Waals surface area contributed by atoms with E-state index < -0.39 is 0 Å². The Morgan fingerprint density at radius 3 is 2.58 bits per heavy atom. The van der Waals surface area contributed by atoms with Gasteiger partial charge in [-0.15, -0.1) is 5.10 Å². The van der Waals surface area contributed by atoms with Crippen molar-refractivity contribution in [3.8, 4) is 0 Å². The highest BCUT2D eigenvalue weighted by Crippen LogP contribution is 2.01. The Morgan fingerprint density at radius 1 is 1.23 bits per heavy atom. The summed E-state index contributed by atoms with van der Waals surface area (Å²) in [5, 5.41) is 10.9. The molecule has 8 heteroatoms. The van der Waals surface area contributed by atoms with Crippen LogP contribution in [-0.4, -0.2) is 46.3 Å². The number of hydrogen-bond acceptors (Lipinski definition) is 6. The monoisotopic (exact) mass is 366 g/mol. The van der Waals surface area contributed by atoms with Crippen LogP contribution in [-0.2, 0) is 32.1 Å². The minimum atomic E-state index is -0.228. The van der Waals surface area contributed by atoms with Crippen LogP contribution in [0.15, 0.2) is 18.3 Å². The van der Waals surface area contributed by atoms with Gasteiger partial charge in [-0.05, 0) is 45.1 Å². The molecule has 146 valence electrons. The van der Waals surface area contributed by atoms with Gasteiger partial charge in [-0.25, -0.2) is 0 Å².